The Bertz CT molecular complexity index is 366. The van der Waals surface area contributed by atoms with Crippen LogP contribution in [0.3, 0.4) is 0 Å². The molecule has 0 aromatic heterocycles. The third-order valence-electron chi connectivity index (χ3n) is 2.12. The van der Waals surface area contributed by atoms with Gasteiger partial charge in [-0.2, -0.15) is 0 Å². The van der Waals surface area contributed by atoms with Crippen molar-refractivity contribution in [2.45, 2.75) is 19.8 Å². The van der Waals surface area contributed by atoms with E-state index in [4.69, 9.17) is 4.74 Å². The molecular weight excluding hydrogens is 275 g/mol. The second kappa shape index (κ2) is 6.76. The highest BCUT2D eigenvalue weighted by atomic mass is 79.9. The maximum atomic E-state index is 13.3. The first-order chi connectivity index (χ1) is 7.63. The second-order valence-corrected chi connectivity index (χ2v) is 4.31. The fourth-order valence-electron chi connectivity index (χ4n) is 1.31. The van der Waals surface area contributed by atoms with Crippen molar-refractivity contribution < 1.29 is 13.9 Å². The van der Waals surface area contributed by atoms with Crippen molar-refractivity contribution in [3.8, 4) is 0 Å². The van der Waals surface area contributed by atoms with E-state index in [9.17, 15) is 9.18 Å². The van der Waals surface area contributed by atoms with Crippen LogP contribution in [0.25, 0.3) is 0 Å². The summed E-state index contributed by atoms with van der Waals surface area (Å²) < 4.78 is 19.2. The molecule has 0 heterocycles. The summed E-state index contributed by atoms with van der Waals surface area (Å²) in [5.41, 5.74) is 0.427. The van der Waals surface area contributed by atoms with Crippen LogP contribution in [-0.4, -0.2) is 19.0 Å². The molecule has 0 spiro atoms. The van der Waals surface area contributed by atoms with Gasteiger partial charge in [0.05, 0.1) is 6.61 Å². The number of ether oxygens (including phenoxy) is 1. The zero-order chi connectivity index (χ0) is 12.0. The Morgan fingerprint density at radius 1 is 1.50 bits per heavy atom. The highest BCUT2D eigenvalue weighted by Crippen LogP contribution is 2.16. The number of hydrogen-bond donors (Lipinski definition) is 0. The van der Waals surface area contributed by atoms with E-state index >= 15 is 0 Å². The molecule has 0 fully saturated rings. The fourth-order valence-corrected chi connectivity index (χ4v) is 1.72. The predicted octanol–water partition coefficient (Wildman–Crippen LogP) is 3.13. The van der Waals surface area contributed by atoms with Gasteiger partial charge in [0.25, 0.3) is 0 Å². The minimum Gasteiger partial charge on any atom is -0.381 e. The smallest absolute Gasteiger partial charge is 0.139 e. The number of benzene rings is 1. The van der Waals surface area contributed by atoms with E-state index in [-0.39, 0.29) is 18.0 Å². The third kappa shape index (κ3) is 4.41. The van der Waals surface area contributed by atoms with Crippen LogP contribution in [0, 0.1) is 5.82 Å². The van der Waals surface area contributed by atoms with Gasteiger partial charge in [0.15, 0.2) is 0 Å². The minimum absolute atomic E-state index is 0.00884. The molecule has 0 saturated heterocycles. The zero-order valence-electron chi connectivity index (χ0n) is 9.13. The van der Waals surface area contributed by atoms with Crippen LogP contribution in [-0.2, 0) is 16.0 Å². The van der Waals surface area contributed by atoms with Crippen molar-refractivity contribution in [2.75, 3.05) is 13.2 Å². The largest absolute Gasteiger partial charge is 0.381 e. The van der Waals surface area contributed by atoms with Crippen LogP contribution in [0.5, 0.6) is 0 Å². The van der Waals surface area contributed by atoms with Gasteiger partial charge in [-0.15, -0.1) is 0 Å². The Balaban J connectivity index is 2.52. The van der Waals surface area contributed by atoms with Gasteiger partial charge in [-0.25, -0.2) is 4.39 Å². The van der Waals surface area contributed by atoms with Gasteiger partial charge >= 0.3 is 0 Å². The lowest BCUT2D eigenvalue weighted by Crippen LogP contribution is -2.08. The highest BCUT2D eigenvalue weighted by molar-refractivity contribution is 9.10. The summed E-state index contributed by atoms with van der Waals surface area (Å²) >= 11 is 3.25. The molecule has 0 amide bonds. The zero-order valence-corrected chi connectivity index (χ0v) is 10.7. The Morgan fingerprint density at radius 2 is 2.25 bits per heavy atom. The summed E-state index contributed by atoms with van der Waals surface area (Å²) in [6.45, 7) is 2.88. The molecule has 0 aliphatic carbocycles. The minimum atomic E-state index is -0.340. The van der Waals surface area contributed by atoms with Gasteiger partial charge < -0.3 is 4.74 Å². The van der Waals surface area contributed by atoms with E-state index in [0.717, 1.165) is 4.47 Å². The lowest BCUT2D eigenvalue weighted by molar-refractivity contribution is -0.119. The molecule has 2 nitrogen and oxygen atoms in total. The van der Waals surface area contributed by atoms with E-state index in [1.807, 2.05) is 6.92 Å². The summed E-state index contributed by atoms with van der Waals surface area (Å²) in [6.07, 6.45) is 0.456. The molecule has 0 unspecified atom stereocenters. The molecule has 0 radical (unpaired) electrons. The maximum Gasteiger partial charge on any atom is 0.139 e. The van der Waals surface area contributed by atoms with Crippen molar-refractivity contribution in [2.24, 2.45) is 0 Å². The van der Waals surface area contributed by atoms with E-state index in [2.05, 4.69) is 15.9 Å². The SMILES string of the molecule is CCOCCC(=O)Cc1cc(Br)ccc1F. The first-order valence-electron chi connectivity index (χ1n) is 5.17. The van der Waals surface area contributed by atoms with Crippen molar-refractivity contribution in [1.29, 1.82) is 0 Å². The molecule has 0 aliphatic heterocycles. The summed E-state index contributed by atoms with van der Waals surface area (Å²) in [4.78, 5) is 11.5. The average Bonchev–Trinajstić information content (AvgIpc) is 2.24. The Hall–Kier alpha value is -0.740. The van der Waals surface area contributed by atoms with Crippen molar-refractivity contribution in [1.82, 2.24) is 0 Å². The number of ketones is 1. The molecule has 4 heteroatoms. The molecule has 0 saturated carbocycles. The number of Topliss-reactive ketones (excluding diaryl/α,β-unsaturated/α-hetero) is 1. The average molecular weight is 289 g/mol. The molecule has 1 rings (SSSR count). The van der Waals surface area contributed by atoms with Crippen LogP contribution in [0.4, 0.5) is 4.39 Å². The van der Waals surface area contributed by atoms with E-state index in [1.54, 1.807) is 12.1 Å². The molecular formula is C12H14BrFO2. The van der Waals surface area contributed by atoms with E-state index in [1.165, 1.54) is 6.07 Å². The van der Waals surface area contributed by atoms with Crippen LogP contribution < -0.4 is 0 Å². The number of hydrogen-bond acceptors (Lipinski definition) is 2. The van der Waals surface area contributed by atoms with Crippen molar-refractivity contribution in [3.63, 3.8) is 0 Å². The van der Waals surface area contributed by atoms with Gasteiger partial charge in [-0.05, 0) is 30.7 Å². The van der Waals surface area contributed by atoms with Crippen LogP contribution in [0.2, 0.25) is 0 Å². The number of carbonyl (C=O) groups excluding carboxylic acids is 1. The normalized spacial score (nSPS) is 10.4. The van der Waals surface area contributed by atoms with Crippen molar-refractivity contribution in [3.05, 3.63) is 34.1 Å². The molecule has 0 bridgehead atoms. The highest BCUT2D eigenvalue weighted by Gasteiger charge is 2.08. The van der Waals surface area contributed by atoms with Crippen LogP contribution >= 0.6 is 15.9 Å². The van der Waals surface area contributed by atoms with E-state index in [0.29, 0.717) is 25.2 Å². The summed E-state index contributed by atoms with van der Waals surface area (Å²) in [5, 5.41) is 0. The fraction of sp³-hybridized carbons (Fsp3) is 0.417. The molecule has 0 N–H and O–H groups in total. The van der Waals surface area contributed by atoms with Gasteiger partial charge in [0.1, 0.15) is 11.6 Å². The van der Waals surface area contributed by atoms with Gasteiger partial charge in [0.2, 0.25) is 0 Å². The van der Waals surface area contributed by atoms with E-state index < -0.39 is 0 Å². The third-order valence-corrected chi connectivity index (χ3v) is 2.62. The number of carbonyl (C=O) groups is 1. The first kappa shape index (κ1) is 13.3. The topological polar surface area (TPSA) is 26.3 Å². The van der Waals surface area contributed by atoms with Crippen LogP contribution in [0.15, 0.2) is 22.7 Å². The maximum absolute atomic E-state index is 13.3. The standard InChI is InChI=1S/C12H14BrFO2/c1-2-16-6-5-11(15)8-9-7-10(13)3-4-12(9)14/h3-4,7H,2,5-6,8H2,1H3. The Kier molecular flexibility index (Phi) is 5.63. The molecule has 1 aromatic rings. The van der Waals surface area contributed by atoms with Gasteiger partial charge in [-0.1, -0.05) is 15.9 Å². The number of rotatable bonds is 6. The summed E-state index contributed by atoms with van der Waals surface area (Å²) in [7, 11) is 0. The lowest BCUT2D eigenvalue weighted by Gasteiger charge is -2.04. The Labute approximate surface area is 103 Å². The van der Waals surface area contributed by atoms with Crippen LogP contribution in [0.1, 0.15) is 18.9 Å². The monoisotopic (exact) mass is 288 g/mol. The molecule has 1 aromatic carbocycles. The van der Waals surface area contributed by atoms with Crippen molar-refractivity contribution >= 4 is 21.7 Å². The number of halogens is 2. The van der Waals surface area contributed by atoms with Gasteiger partial charge in [-0.3, -0.25) is 4.79 Å². The quantitative estimate of drug-likeness (QED) is 0.752. The second-order valence-electron chi connectivity index (χ2n) is 3.40. The molecule has 0 atom stereocenters. The predicted molar refractivity (Wildman–Crippen MR) is 63.9 cm³/mol. The summed E-state index contributed by atoms with van der Waals surface area (Å²) in [6, 6.07) is 4.60. The molecule has 0 aliphatic rings. The lowest BCUT2D eigenvalue weighted by atomic mass is 10.1. The Morgan fingerprint density at radius 3 is 2.94 bits per heavy atom. The van der Waals surface area contributed by atoms with Gasteiger partial charge in [0, 0.05) is 23.9 Å². The first-order valence-corrected chi connectivity index (χ1v) is 5.96. The molecule has 88 valence electrons. The molecule has 16 heavy (non-hydrogen) atoms. The summed E-state index contributed by atoms with van der Waals surface area (Å²) in [5.74, 6) is -0.349.